The highest BCUT2D eigenvalue weighted by molar-refractivity contribution is 5.74. The van der Waals surface area contributed by atoms with Gasteiger partial charge in [-0.2, -0.15) is 5.10 Å². The van der Waals surface area contributed by atoms with Gasteiger partial charge in [-0.05, 0) is 72.7 Å². The Bertz CT molecular complexity index is 1560. The third kappa shape index (κ3) is 5.62. The van der Waals surface area contributed by atoms with Crippen molar-refractivity contribution in [2.24, 2.45) is 5.92 Å². The van der Waals surface area contributed by atoms with Gasteiger partial charge in [0.15, 0.2) is 0 Å². The second kappa shape index (κ2) is 11.6. The predicted molar refractivity (Wildman–Crippen MR) is 158 cm³/mol. The summed E-state index contributed by atoms with van der Waals surface area (Å²) in [5.74, 6) is 1.13. The molecule has 41 heavy (non-hydrogen) atoms. The number of rotatable bonds is 8. The van der Waals surface area contributed by atoms with E-state index in [0.717, 1.165) is 48.2 Å². The SMILES string of the molecule is COc1cccc(CNC(=O)NC(C[C@H]2CCC3=C2[C@@H](C)c2cnn(-c4ccc(F)cc4)c2C3)c2ccccc2)c1. The van der Waals surface area contributed by atoms with Crippen LogP contribution >= 0.6 is 0 Å². The van der Waals surface area contributed by atoms with Crippen LogP contribution in [0.4, 0.5) is 9.18 Å². The van der Waals surface area contributed by atoms with Crippen LogP contribution < -0.4 is 15.4 Å². The standard InChI is InChI=1S/C34H35FN4O2/c1-22-30-21-37-39(28-15-13-27(35)14-16-28)32(30)19-26-12-11-25(33(22)26)18-31(24-8-4-3-5-9-24)38-34(40)36-20-23-7-6-10-29(17-23)41-2/h3-10,13-17,21-22,25,31H,11-12,18-20H2,1-2H3,(H2,36,38,40)/t22-,25+,31?/m0/s1. The van der Waals surface area contributed by atoms with Gasteiger partial charge in [0.25, 0.3) is 0 Å². The lowest BCUT2D eigenvalue weighted by Crippen LogP contribution is -2.38. The number of carbonyl (C=O) groups excluding carboxylic acids is 1. The number of urea groups is 1. The van der Waals surface area contributed by atoms with Gasteiger partial charge in [-0.1, -0.05) is 60.5 Å². The van der Waals surface area contributed by atoms with Gasteiger partial charge in [0.2, 0.25) is 0 Å². The second-order valence-electron chi connectivity index (χ2n) is 11.0. The van der Waals surface area contributed by atoms with E-state index in [9.17, 15) is 9.18 Å². The average molecular weight is 551 g/mol. The van der Waals surface area contributed by atoms with E-state index in [1.54, 1.807) is 19.2 Å². The van der Waals surface area contributed by atoms with E-state index in [-0.39, 0.29) is 23.8 Å². The second-order valence-corrected chi connectivity index (χ2v) is 11.0. The topological polar surface area (TPSA) is 68.2 Å². The molecule has 3 aromatic carbocycles. The molecule has 1 heterocycles. The fourth-order valence-electron chi connectivity index (χ4n) is 6.55. The smallest absolute Gasteiger partial charge is 0.315 e. The van der Waals surface area contributed by atoms with Gasteiger partial charge in [-0.15, -0.1) is 0 Å². The minimum atomic E-state index is -0.248. The summed E-state index contributed by atoms with van der Waals surface area (Å²) >= 11 is 0. The van der Waals surface area contributed by atoms with Crippen LogP contribution in [0, 0.1) is 11.7 Å². The van der Waals surface area contributed by atoms with E-state index in [1.807, 2.05) is 53.3 Å². The van der Waals surface area contributed by atoms with Crippen molar-refractivity contribution in [2.45, 2.75) is 51.1 Å². The molecular formula is C34H35FN4O2. The van der Waals surface area contributed by atoms with Crippen LogP contribution in [0.2, 0.25) is 0 Å². The van der Waals surface area contributed by atoms with Gasteiger partial charge in [-0.3, -0.25) is 0 Å². The maximum absolute atomic E-state index is 13.5. The number of nitrogens with zero attached hydrogens (tertiary/aromatic N) is 2. The average Bonchev–Trinajstić information content (AvgIpc) is 3.61. The summed E-state index contributed by atoms with van der Waals surface area (Å²) < 4.78 is 20.8. The quantitative estimate of drug-likeness (QED) is 0.232. The summed E-state index contributed by atoms with van der Waals surface area (Å²) in [5.41, 5.74) is 8.37. The fraction of sp³-hybridized carbons (Fsp3) is 0.294. The van der Waals surface area contributed by atoms with Crippen molar-refractivity contribution >= 4 is 6.03 Å². The van der Waals surface area contributed by atoms with Crippen LogP contribution in [-0.2, 0) is 13.0 Å². The lowest BCUT2D eigenvalue weighted by atomic mass is 9.78. The zero-order valence-corrected chi connectivity index (χ0v) is 23.4. The van der Waals surface area contributed by atoms with Crippen LogP contribution in [0.15, 0.2) is 96.2 Å². The molecule has 1 aromatic heterocycles. The Hall–Kier alpha value is -4.39. The molecule has 6 nitrogen and oxygen atoms in total. The number of fused-ring (bicyclic) bond motifs is 1. The first-order chi connectivity index (χ1) is 20.0. The Kier molecular flexibility index (Phi) is 7.59. The summed E-state index contributed by atoms with van der Waals surface area (Å²) in [6, 6.07) is 24.2. The molecule has 0 radical (unpaired) electrons. The highest BCUT2D eigenvalue weighted by atomic mass is 19.1. The van der Waals surface area contributed by atoms with Crippen molar-refractivity contribution in [3.63, 3.8) is 0 Å². The van der Waals surface area contributed by atoms with Crippen molar-refractivity contribution in [1.82, 2.24) is 20.4 Å². The van der Waals surface area contributed by atoms with Crippen LogP contribution in [0.5, 0.6) is 5.75 Å². The Morgan fingerprint density at radius 3 is 2.68 bits per heavy atom. The molecule has 2 N–H and O–H groups in total. The van der Waals surface area contributed by atoms with E-state index in [0.29, 0.717) is 12.5 Å². The van der Waals surface area contributed by atoms with E-state index in [4.69, 9.17) is 9.84 Å². The van der Waals surface area contributed by atoms with Gasteiger partial charge in [-0.25, -0.2) is 13.9 Å². The Morgan fingerprint density at radius 2 is 1.90 bits per heavy atom. The van der Waals surface area contributed by atoms with E-state index < -0.39 is 0 Å². The maximum atomic E-state index is 13.5. The number of aromatic nitrogens is 2. The van der Waals surface area contributed by atoms with Crippen molar-refractivity contribution in [3.8, 4) is 11.4 Å². The molecule has 0 saturated heterocycles. The van der Waals surface area contributed by atoms with Crippen molar-refractivity contribution < 1.29 is 13.9 Å². The summed E-state index contributed by atoms with van der Waals surface area (Å²) in [7, 11) is 1.64. The number of ether oxygens (including phenoxy) is 1. The number of amides is 2. The lowest BCUT2D eigenvalue weighted by molar-refractivity contribution is 0.234. The monoisotopic (exact) mass is 550 g/mol. The molecule has 0 fully saturated rings. The molecule has 3 atom stereocenters. The number of allylic oxidation sites excluding steroid dienone is 2. The van der Waals surface area contributed by atoms with Crippen LogP contribution in [-0.4, -0.2) is 22.9 Å². The summed E-state index contributed by atoms with van der Waals surface area (Å²) in [4.78, 5) is 13.1. The number of carbonyl (C=O) groups is 1. The van der Waals surface area contributed by atoms with Gasteiger partial charge in [0, 0.05) is 24.4 Å². The van der Waals surface area contributed by atoms with Crippen LogP contribution in [0.25, 0.3) is 5.69 Å². The third-order valence-corrected chi connectivity index (χ3v) is 8.54. The number of benzene rings is 3. The minimum absolute atomic E-state index is 0.117. The van der Waals surface area contributed by atoms with E-state index in [2.05, 4.69) is 29.7 Å². The summed E-state index contributed by atoms with van der Waals surface area (Å²) in [5, 5.41) is 11.0. The highest BCUT2D eigenvalue weighted by Crippen LogP contribution is 2.49. The Labute approximate surface area is 240 Å². The van der Waals surface area contributed by atoms with Crippen molar-refractivity contribution in [3.05, 3.63) is 124 Å². The van der Waals surface area contributed by atoms with Crippen LogP contribution in [0.1, 0.15) is 60.5 Å². The maximum Gasteiger partial charge on any atom is 0.315 e. The van der Waals surface area contributed by atoms with Crippen molar-refractivity contribution in [2.75, 3.05) is 7.11 Å². The fourth-order valence-corrected chi connectivity index (χ4v) is 6.55. The van der Waals surface area contributed by atoms with Crippen molar-refractivity contribution in [1.29, 1.82) is 0 Å². The van der Waals surface area contributed by atoms with Gasteiger partial charge in [0.05, 0.1) is 30.7 Å². The molecule has 2 aliphatic carbocycles. The third-order valence-electron chi connectivity index (χ3n) is 8.54. The molecule has 1 unspecified atom stereocenters. The van der Waals surface area contributed by atoms with E-state index >= 15 is 0 Å². The van der Waals surface area contributed by atoms with Crippen LogP contribution in [0.3, 0.4) is 0 Å². The normalized spacial score (nSPS) is 18.4. The molecule has 0 bridgehead atoms. The largest absolute Gasteiger partial charge is 0.497 e. The molecular weight excluding hydrogens is 515 g/mol. The molecule has 0 spiro atoms. The molecule has 4 aromatic rings. The number of methoxy groups -OCH3 is 1. The predicted octanol–water partition coefficient (Wildman–Crippen LogP) is 7.02. The first-order valence-corrected chi connectivity index (χ1v) is 14.3. The summed E-state index contributed by atoms with van der Waals surface area (Å²) in [6.07, 6.45) is 5.78. The molecule has 2 aliphatic rings. The number of hydrogen-bond donors (Lipinski definition) is 2. The number of halogens is 1. The van der Waals surface area contributed by atoms with Gasteiger partial charge in [0.1, 0.15) is 11.6 Å². The lowest BCUT2D eigenvalue weighted by Gasteiger charge is -2.30. The zero-order chi connectivity index (χ0) is 28.3. The molecule has 2 amide bonds. The Morgan fingerprint density at radius 1 is 1.10 bits per heavy atom. The molecule has 210 valence electrons. The number of hydrogen-bond acceptors (Lipinski definition) is 3. The highest BCUT2D eigenvalue weighted by Gasteiger charge is 2.37. The minimum Gasteiger partial charge on any atom is -0.497 e. The first-order valence-electron chi connectivity index (χ1n) is 14.3. The summed E-state index contributed by atoms with van der Waals surface area (Å²) in [6.45, 7) is 2.69. The Balaban J connectivity index is 1.19. The zero-order valence-electron chi connectivity index (χ0n) is 23.4. The van der Waals surface area contributed by atoms with Gasteiger partial charge < -0.3 is 15.4 Å². The van der Waals surface area contributed by atoms with E-state index in [1.165, 1.54) is 34.5 Å². The number of nitrogens with one attached hydrogen (secondary N) is 2. The molecule has 6 rings (SSSR count). The molecule has 7 heteroatoms. The molecule has 0 aliphatic heterocycles. The van der Waals surface area contributed by atoms with Gasteiger partial charge >= 0.3 is 6.03 Å². The molecule has 0 saturated carbocycles. The first kappa shape index (κ1) is 26.8.